The Morgan fingerprint density at radius 2 is 1.59 bits per heavy atom. The molecule has 0 spiro atoms. The van der Waals surface area contributed by atoms with Crippen LogP contribution in [0.3, 0.4) is 0 Å². The molecule has 0 saturated heterocycles. The number of nitrogens with zero attached hydrogens (tertiary/aromatic N) is 1. The maximum atomic E-state index is 13.0. The van der Waals surface area contributed by atoms with Crippen LogP contribution in [0.5, 0.6) is 5.75 Å². The predicted octanol–water partition coefficient (Wildman–Crippen LogP) is 3.77. The van der Waals surface area contributed by atoms with Crippen molar-refractivity contribution in [3.8, 4) is 11.4 Å². The number of aromatic nitrogens is 1. The summed E-state index contributed by atoms with van der Waals surface area (Å²) in [6, 6.07) is 12.4. The summed E-state index contributed by atoms with van der Waals surface area (Å²) in [5, 5.41) is 5.04. The summed E-state index contributed by atoms with van der Waals surface area (Å²) in [7, 11) is -3.90. The minimum absolute atomic E-state index is 0.00939. The summed E-state index contributed by atoms with van der Waals surface area (Å²) >= 11 is 0. The van der Waals surface area contributed by atoms with Gasteiger partial charge in [-0.05, 0) is 75.4 Å². The van der Waals surface area contributed by atoms with E-state index in [2.05, 4.69) is 4.74 Å². The molecule has 0 aliphatic heterocycles. The number of nitrogens with two attached hydrogens (primary N) is 1. The Labute approximate surface area is 195 Å². The summed E-state index contributed by atoms with van der Waals surface area (Å²) in [4.78, 5) is 25.3. The molecule has 3 aromatic rings. The number of esters is 1. The number of aryl methyl sites for hydroxylation is 1. The Kier molecular flexibility index (Phi) is 7.18. The van der Waals surface area contributed by atoms with Crippen molar-refractivity contribution in [1.82, 2.24) is 4.57 Å². The molecule has 1 atom stereocenters. The quantitative estimate of drug-likeness (QED) is 0.378. The molecule has 0 amide bonds. The third-order valence-corrected chi connectivity index (χ3v) is 6.02. The molecule has 0 fully saturated rings. The molecule has 11 heteroatoms. The molecular formula is C23H22F2N2O6S. The van der Waals surface area contributed by atoms with Crippen LogP contribution in [-0.4, -0.2) is 37.5 Å². The number of primary sulfonamides is 1. The first-order valence-corrected chi connectivity index (χ1v) is 11.6. The van der Waals surface area contributed by atoms with Crippen LogP contribution in [0.4, 0.5) is 8.78 Å². The lowest BCUT2D eigenvalue weighted by atomic mass is 10.1. The zero-order chi connectivity index (χ0) is 25.2. The minimum Gasteiger partial charge on any atom is -0.451 e. The monoisotopic (exact) mass is 492 g/mol. The molecule has 2 aromatic carbocycles. The van der Waals surface area contributed by atoms with Crippen molar-refractivity contribution in [3.63, 3.8) is 0 Å². The molecule has 180 valence electrons. The van der Waals surface area contributed by atoms with E-state index in [1.807, 2.05) is 0 Å². The van der Waals surface area contributed by atoms with Crippen molar-refractivity contribution in [2.75, 3.05) is 0 Å². The van der Waals surface area contributed by atoms with Gasteiger partial charge in [0.05, 0.1) is 10.5 Å². The fourth-order valence-electron chi connectivity index (χ4n) is 3.47. The summed E-state index contributed by atoms with van der Waals surface area (Å²) in [5.41, 5.74) is 2.31. The van der Waals surface area contributed by atoms with Gasteiger partial charge in [-0.1, -0.05) is 0 Å². The van der Waals surface area contributed by atoms with Crippen molar-refractivity contribution in [2.24, 2.45) is 5.14 Å². The summed E-state index contributed by atoms with van der Waals surface area (Å²) in [6.07, 6.45) is -1.12. The number of alkyl halides is 2. The molecule has 0 aliphatic carbocycles. The normalized spacial score (nSPS) is 12.4. The van der Waals surface area contributed by atoms with Crippen molar-refractivity contribution in [3.05, 3.63) is 77.1 Å². The molecule has 0 radical (unpaired) electrons. The van der Waals surface area contributed by atoms with E-state index in [-0.39, 0.29) is 16.2 Å². The molecule has 34 heavy (non-hydrogen) atoms. The van der Waals surface area contributed by atoms with Gasteiger partial charge >= 0.3 is 12.6 Å². The van der Waals surface area contributed by atoms with Gasteiger partial charge in [-0.15, -0.1) is 0 Å². The average Bonchev–Trinajstić information content (AvgIpc) is 3.06. The van der Waals surface area contributed by atoms with Crippen LogP contribution in [0.15, 0.2) is 59.5 Å². The Hall–Kier alpha value is -3.57. The molecule has 1 heterocycles. The van der Waals surface area contributed by atoms with Crippen LogP contribution >= 0.6 is 0 Å². The second-order valence-corrected chi connectivity index (χ2v) is 9.04. The zero-order valence-electron chi connectivity index (χ0n) is 18.5. The number of hydrogen-bond donors (Lipinski definition) is 1. The summed E-state index contributed by atoms with van der Waals surface area (Å²) in [6.45, 7) is 1.99. The highest BCUT2D eigenvalue weighted by Gasteiger charge is 2.25. The van der Waals surface area contributed by atoms with Crippen molar-refractivity contribution in [1.29, 1.82) is 0 Å². The van der Waals surface area contributed by atoms with Crippen molar-refractivity contribution in [2.45, 2.75) is 38.4 Å². The van der Waals surface area contributed by atoms with E-state index in [1.165, 1.54) is 43.3 Å². The van der Waals surface area contributed by atoms with Gasteiger partial charge in [0.15, 0.2) is 6.10 Å². The maximum absolute atomic E-state index is 13.0. The molecule has 1 unspecified atom stereocenters. The number of rotatable bonds is 8. The first-order chi connectivity index (χ1) is 15.9. The summed E-state index contributed by atoms with van der Waals surface area (Å²) < 4.78 is 58.8. The number of ether oxygens (including phenoxy) is 2. The van der Waals surface area contributed by atoms with E-state index >= 15 is 0 Å². The third-order valence-electron chi connectivity index (χ3n) is 5.09. The largest absolute Gasteiger partial charge is 0.451 e. The molecule has 8 nitrogen and oxygen atoms in total. The van der Waals surface area contributed by atoms with Gasteiger partial charge in [0.25, 0.3) is 0 Å². The fraction of sp³-hybridized carbons (Fsp3) is 0.217. The second-order valence-electron chi connectivity index (χ2n) is 7.47. The van der Waals surface area contributed by atoms with Gasteiger partial charge in [0.2, 0.25) is 15.8 Å². The molecule has 0 saturated carbocycles. The number of hydrogen-bond acceptors (Lipinski definition) is 6. The number of carbonyl (C=O) groups is 2. The zero-order valence-corrected chi connectivity index (χ0v) is 19.3. The SMILES string of the molecule is Cc1cc(C(=O)C(C)OC(=O)c2ccc(S(N)(=O)=O)cc2)c(C)n1-c1ccc(OC(F)F)cc1. The number of benzene rings is 2. The number of sulfonamides is 1. The van der Waals surface area contributed by atoms with Gasteiger partial charge in [-0.3, -0.25) is 4.79 Å². The van der Waals surface area contributed by atoms with E-state index in [1.54, 1.807) is 36.6 Å². The Balaban J connectivity index is 1.77. The van der Waals surface area contributed by atoms with Crippen molar-refractivity contribution < 1.29 is 36.3 Å². The van der Waals surface area contributed by atoms with Crippen LogP contribution < -0.4 is 9.88 Å². The standard InChI is InChI=1S/C23H22F2N2O6S/c1-13-12-20(14(2)27(13)17-6-8-18(9-7-17)33-23(24)25)21(28)15(3)32-22(29)16-4-10-19(11-5-16)34(26,30)31/h4-12,15,23H,1-3H3,(H2,26,30,31). The summed E-state index contributed by atoms with van der Waals surface area (Å²) in [5.74, 6) is -1.23. The number of halogens is 2. The fourth-order valence-corrected chi connectivity index (χ4v) is 3.98. The van der Waals surface area contributed by atoms with E-state index in [0.717, 1.165) is 0 Å². The first-order valence-electron chi connectivity index (χ1n) is 10.0. The van der Waals surface area contributed by atoms with Crippen molar-refractivity contribution >= 4 is 21.8 Å². The van der Waals surface area contributed by atoms with E-state index in [9.17, 15) is 26.8 Å². The van der Waals surface area contributed by atoms with Crippen LogP contribution in [0.2, 0.25) is 0 Å². The molecule has 1 aromatic heterocycles. The number of ketones is 1. The van der Waals surface area contributed by atoms with Gasteiger partial charge < -0.3 is 14.0 Å². The van der Waals surface area contributed by atoms with Gasteiger partial charge in [0.1, 0.15) is 5.75 Å². The third kappa shape index (κ3) is 5.49. The maximum Gasteiger partial charge on any atom is 0.387 e. The molecule has 3 rings (SSSR count). The van der Waals surface area contributed by atoms with E-state index < -0.39 is 34.5 Å². The molecule has 2 N–H and O–H groups in total. The molecule has 0 bridgehead atoms. The first kappa shape index (κ1) is 25.1. The number of carbonyl (C=O) groups excluding carboxylic acids is 2. The molecular weight excluding hydrogens is 470 g/mol. The lowest BCUT2D eigenvalue weighted by Crippen LogP contribution is -2.25. The minimum atomic E-state index is -3.90. The van der Waals surface area contributed by atoms with Crippen LogP contribution in [0.1, 0.15) is 39.0 Å². The van der Waals surface area contributed by atoms with Gasteiger partial charge in [-0.2, -0.15) is 8.78 Å². The highest BCUT2D eigenvalue weighted by Crippen LogP contribution is 2.25. The Bertz CT molecular complexity index is 1320. The van der Waals surface area contributed by atoms with Crippen LogP contribution in [0, 0.1) is 13.8 Å². The van der Waals surface area contributed by atoms with Gasteiger partial charge in [0, 0.05) is 22.6 Å². The number of Topliss-reactive ketones (excluding diaryl/α,β-unsaturated/α-hetero) is 1. The highest BCUT2D eigenvalue weighted by molar-refractivity contribution is 7.89. The lowest BCUT2D eigenvalue weighted by molar-refractivity contribution is -0.0498. The Morgan fingerprint density at radius 3 is 2.12 bits per heavy atom. The second kappa shape index (κ2) is 9.74. The highest BCUT2D eigenvalue weighted by atomic mass is 32.2. The van der Waals surface area contributed by atoms with Gasteiger partial charge in [-0.25, -0.2) is 18.4 Å². The van der Waals surface area contributed by atoms with E-state index in [4.69, 9.17) is 9.88 Å². The lowest BCUT2D eigenvalue weighted by Gasteiger charge is -2.14. The van der Waals surface area contributed by atoms with E-state index in [0.29, 0.717) is 22.6 Å². The van der Waals surface area contributed by atoms with Crippen LogP contribution in [-0.2, 0) is 14.8 Å². The molecule has 0 aliphatic rings. The average molecular weight is 493 g/mol. The smallest absolute Gasteiger partial charge is 0.387 e. The Morgan fingerprint density at radius 1 is 1.00 bits per heavy atom. The van der Waals surface area contributed by atoms with Crippen LogP contribution in [0.25, 0.3) is 5.69 Å². The topological polar surface area (TPSA) is 118 Å². The predicted molar refractivity (Wildman–Crippen MR) is 119 cm³/mol.